The van der Waals surface area contributed by atoms with Gasteiger partial charge in [0.15, 0.2) is 8.32 Å². The molecule has 0 fully saturated rings. The fraction of sp³-hybridized carbons (Fsp3) is 0.588. The van der Waals surface area contributed by atoms with Gasteiger partial charge < -0.3 is 9.16 Å². The molecule has 120 valence electrons. The van der Waals surface area contributed by atoms with Crippen LogP contribution in [0.15, 0.2) is 36.5 Å². The van der Waals surface area contributed by atoms with E-state index in [1.165, 1.54) is 6.92 Å². The summed E-state index contributed by atoms with van der Waals surface area (Å²) in [7, 11) is -1.70. The summed E-state index contributed by atoms with van der Waals surface area (Å²) in [4.78, 5) is 10.9. The zero-order valence-electron chi connectivity index (χ0n) is 14.5. The highest BCUT2D eigenvalue weighted by atomic mass is 28.4. The minimum absolute atomic E-state index is 0.216. The Morgan fingerprint density at radius 1 is 1.29 bits per heavy atom. The van der Waals surface area contributed by atoms with Crippen molar-refractivity contribution in [2.24, 2.45) is 0 Å². The van der Waals surface area contributed by atoms with E-state index in [1.807, 2.05) is 25.2 Å². The molecule has 0 aromatic carbocycles. The first-order valence-corrected chi connectivity index (χ1v) is 10.2. The Labute approximate surface area is 130 Å². The van der Waals surface area contributed by atoms with Crippen LogP contribution in [-0.4, -0.2) is 27.0 Å². The molecular formula is C17H30O3Si. The van der Waals surface area contributed by atoms with Crippen LogP contribution in [0, 0.1) is 0 Å². The summed E-state index contributed by atoms with van der Waals surface area (Å²) in [5.41, 5.74) is 1.08. The van der Waals surface area contributed by atoms with Crippen LogP contribution in [0.3, 0.4) is 0 Å². The number of allylic oxidation sites excluding steroid dienone is 2. The summed E-state index contributed by atoms with van der Waals surface area (Å²) in [6, 6.07) is 0. The van der Waals surface area contributed by atoms with Crippen LogP contribution in [-0.2, 0) is 14.0 Å². The molecule has 0 aliphatic rings. The predicted octanol–water partition coefficient (Wildman–Crippen LogP) is 4.63. The summed E-state index contributed by atoms with van der Waals surface area (Å²) >= 11 is 0. The van der Waals surface area contributed by atoms with Crippen LogP contribution in [0.4, 0.5) is 0 Å². The molecule has 0 amide bonds. The topological polar surface area (TPSA) is 35.5 Å². The monoisotopic (exact) mass is 310 g/mol. The summed E-state index contributed by atoms with van der Waals surface area (Å²) < 4.78 is 11.1. The molecule has 0 aliphatic heterocycles. The fourth-order valence-corrected chi connectivity index (χ4v) is 2.20. The number of hydrogen-bond donors (Lipinski definition) is 0. The Balaban J connectivity index is 4.50. The Morgan fingerprint density at radius 3 is 2.29 bits per heavy atom. The largest absolute Gasteiger partial charge is 0.454 e. The first-order valence-electron chi connectivity index (χ1n) is 7.28. The number of rotatable bonds is 7. The van der Waals surface area contributed by atoms with Gasteiger partial charge in [-0.15, -0.1) is 0 Å². The van der Waals surface area contributed by atoms with Crippen LogP contribution >= 0.6 is 0 Å². The van der Waals surface area contributed by atoms with Crippen LogP contribution < -0.4 is 0 Å². The van der Waals surface area contributed by atoms with E-state index in [2.05, 4.69) is 40.4 Å². The van der Waals surface area contributed by atoms with E-state index in [-0.39, 0.29) is 17.1 Å². The molecule has 0 radical (unpaired) electrons. The van der Waals surface area contributed by atoms with Gasteiger partial charge in [-0.05, 0) is 37.2 Å². The maximum Gasteiger partial charge on any atom is 0.303 e. The van der Waals surface area contributed by atoms with Gasteiger partial charge in [0.1, 0.15) is 6.10 Å². The van der Waals surface area contributed by atoms with Gasteiger partial charge in [-0.2, -0.15) is 0 Å². The molecule has 0 aromatic rings. The second-order valence-electron chi connectivity index (χ2n) is 6.69. The molecule has 4 heteroatoms. The number of ether oxygens (including phenoxy) is 1. The van der Waals surface area contributed by atoms with E-state index < -0.39 is 8.32 Å². The van der Waals surface area contributed by atoms with E-state index in [4.69, 9.17) is 9.16 Å². The highest BCUT2D eigenvalue weighted by Crippen LogP contribution is 2.36. The Morgan fingerprint density at radius 2 is 1.86 bits per heavy atom. The first kappa shape index (κ1) is 19.9. The minimum Gasteiger partial charge on any atom is -0.454 e. The van der Waals surface area contributed by atoms with Gasteiger partial charge in [-0.25, -0.2) is 0 Å². The zero-order chi connectivity index (χ0) is 16.7. The van der Waals surface area contributed by atoms with E-state index in [0.29, 0.717) is 6.61 Å². The molecule has 0 rings (SSSR count). The smallest absolute Gasteiger partial charge is 0.303 e. The van der Waals surface area contributed by atoms with Gasteiger partial charge in [0.2, 0.25) is 0 Å². The second-order valence-corrected chi connectivity index (χ2v) is 11.5. The summed E-state index contributed by atoms with van der Waals surface area (Å²) in [6.07, 6.45) is 6.99. The lowest BCUT2D eigenvalue weighted by Gasteiger charge is -2.35. The first-order chi connectivity index (χ1) is 9.49. The lowest BCUT2D eigenvalue weighted by molar-refractivity contribution is -0.142. The quantitative estimate of drug-likeness (QED) is 0.298. The van der Waals surface area contributed by atoms with Crippen molar-refractivity contribution < 1.29 is 14.0 Å². The molecule has 21 heavy (non-hydrogen) atoms. The molecule has 0 spiro atoms. The summed E-state index contributed by atoms with van der Waals surface area (Å²) in [5.74, 6) is -0.313. The van der Waals surface area contributed by atoms with Crippen molar-refractivity contribution in [3.63, 3.8) is 0 Å². The van der Waals surface area contributed by atoms with Crippen LogP contribution in [0.2, 0.25) is 18.1 Å². The van der Waals surface area contributed by atoms with Gasteiger partial charge >= 0.3 is 5.97 Å². The second kappa shape index (κ2) is 8.34. The Kier molecular flexibility index (Phi) is 7.89. The van der Waals surface area contributed by atoms with Crippen molar-refractivity contribution in [2.45, 2.75) is 58.9 Å². The third kappa shape index (κ3) is 8.02. The van der Waals surface area contributed by atoms with Crippen molar-refractivity contribution in [1.29, 1.82) is 0 Å². The van der Waals surface area contributed by atoms with E-state index in [0.717, 1.165) is 5.57 Å². The molecule has 1 atom stereocenters. The summed E-state index contributed by atoms with van der Waals surface area (Å²) in [5, 5.41) is 0.216. The van der Waals surface area contributed by atoms with Gasteiger partial charge in [-0.1, -0.05) is 45.1 Å². The van der Waals surface area contributed by atoms with Gasteiger partial charge in [0.05, 0.1) is 6.61 Å². The molecule has 0 saturated heterocycles. The molecule has 0 saturated carbocycles. The predicted molar refractivity (Wildman–Crippen MR) is 91.8 cm³/mol. The lowest BCUT2D eigenvalue weighted by atomic mass is 10.2. The molecule has 0 aromatic heterocycles. The third-order valence-corrected chi connectivity index (χ3v) is 8.24. The number of esters is 1. The fourth-order valence-electron chi connectivity index (χ4n) is 1.27. The normalized spacial score (nSPS) is 15.1. The third-order valence-electron chi connectivity index (χ3n) is 3.74. The van der Waals surface area contributed by atoms with E-state index >= 15 is 0 Å². The summed E-state index contributed by atoms with van der Waals surface area (Å²) in [6.45, 7) is 18.8. The number of carbonyl (C=O) groups excluding carboxylic acids is 1. The Hall–Kier alpha value is -1.13. The van der Waals surface area contributed by atoms with Crippen LogP contribution in [0.1, 0.15) is 34.6 Å². The molecule has 0 bridgehead atoms. The maximum absolute atomic E-state index is 10.9. The molecule has 0 N–H and O–H groups in total. The van der Waals surface area contributed by atoms with E-state index in [1.54, 1.807) is 6.08 Å². The zero-order valence-corrected chi connectivity index (χ0v) is 15.5. The average molecular weight is 311 g/mol. The molecule has 0 heterocycles. The lowest BCUT2D eigenvalue weighted by Crippen LogP contribution is -2.40. The minimum atomic E-state index is -1.70. The van der Waals surface area contributed by atoms with Crippen molar-refractivity contribution in [1.82, 2.24) is 0 Å². The van der Waals surface area contributed by atoms with E-state index in [9.17, 15) is 4.79 Å². The SMILES string of the molecule is C=CC(/C=C/C(C)=C/CO[Si](C)(C)C(C)(C)C)OC(C)=O. The molecule has 0 aliphatic carbocycles. The van der Waals surface area contributed by atoms with Crippen molar-refractivity contribution in [3.8, 4) is 0 Å². The standard InChI is InChI=1S/C17H30O3Si/c1-9-16(20-15(3)18)11-10-14(2)12-13-19-21(7,8)17(4,5)6/h9-12,16H,1,13H2,2-8H3/b11-10+,14-12+. The van der Waals surface area contributed by atoms with Crippen molar-refractivity contribution in [2.75, 3.05) is 6.61 Å². The highest BCUT2D eigenvalue weighted by Gasteiger charge is 2.36. The van der Waals surface area contributed by atoms with Crippen LogP contribution in [0.5, 0.6) is 0 Å². The Bertz CT molecular complexity index is 414. The van der Waals surface area contributed by atoms with Crippen molar-refractivity contribution >= 4 is 14.3 Å². The maximum atomic E-state index is 10.9. The van der Waals surface area contributed by atoms with Crippen LogP contribution in [0.25, 0.3) is 0 Å². The van der Waals surface area contributed by atoms with Gasteiger partial charge in [0, 0.05) is 6.92 Å². The molecule has 1 unspecified atom stereocenters. The molecular weight excluding hydrogens is 280 g/mol. The van der Waals surface area contributed by atoms with Crippen molar-refractivity contribution in [3.05, 3.63) is 36.5 Å². The molecule has 3 nitrogen and oxygen atoms in total. The average Bonchev–Trinajstić information content (AvgIpc) is 2.32. The van der Waals surface area contributed by atoms with Gasteiger partial charge in [-0.3, -0.25) is 4.79 Å². The number of hydrogen-bond acceptors (Lipinski definition) is 3. The highest BCUT2D eigenvalue weighted by molar-refractivity contribution is 6.74. The number of carbonyl (C=O) groups is 1. The van der Waals surface area contributed by atoms with Gasteiger partial charge in [0.25, 0.3) is 0 Å².